The van der Waals surface area contributed by atoms with E-state index in [4.69, 9.17) is 0 Å². The largest absolute Gasteiger partial charge is 0.309 e. The molecular weight excluding hydrogens is 619 g/mol. The van der Waals surface area contributed by atoms with E-state index in [1.807, 2.05) is 0 Å². The van der Waals surface area contributed by atoms with Crippen LogP contribution in [0.15, 0.2) is 200 Å². The van der Waals surface area contributed by atoms with Crippen LogP contribution in [0.25, 0.3) is 66.1 Å². The van der Waals surface area contributed by atoms with Gasteiger partial charge in [0.2, 0.25) is 0 Å². The molecule has 0 radical (unpaired) electrons. The van der Waals surface area contributed by atoms with Gasteiger partial charge in [0.1, 0.15) is 0 Å². The molecule has 0 saturated carbocycles. The fourth-order valence-electron chi connectivity index (χ4n) is 7.93. The fraction of sp³-hybridized carbons (Fsp3) is 0. The summed E-state index contributed by atoms with van der Waals surface area (Å²) in [7, 11) is 0. The molecule has 0 aliphatic carbocycles. The van der Waals surface area contributed by atoms with Crippen LogP contribution in [-0.2, 0) is 0 Å². The minimum absolute atomic E-state index is 1.10. The van der Waals surface area contributed by atoms with E-state index in [2.05, 4.69) is 214 Å². The molecule has 10 aromatic rings. The second-order valence-electron chi connectivity index (χ2n) is 13.0. The van der Waals surface area contributed by atoms with Gasteiger partial charge in [-0.1, -0.05) is 127 Å². The minimum atomic E-state index is 1.10. The standard InChI is InChI=1S/C48H33N3/c1-4-16-34(17-5-1)35-30-32-38(33-31-35)51(45-28-14-26-43-47(45)39-22-10-12-24-41(39)49(43)36-18-6-2-7-19-36)46-29-15-27-44-48(46)40-23-11-13-25-42(40)50(44)37-20-8-3-9-21-37/h1-33H. The first-order chi connectivity index (χ1) is 25.3. The molecule has 2 heterocycles. The number of para-hydroxylation sites is 4. The maximum atomic E-state index is 2.48. The summed E-state index contributed by atoms with van der Waals surface area (Å²) in [6.45, 7) is 0. The second-order valence-corrected chi connectivity index (χ2v) is 13.0. The Morgan fingerprint density at radius 2 is 0.686 bits per heavy atom. The van der Waals surface area contributed by atoms with Gasteiger partial charge in [-0.15, -0.1) is 0 Å². The molecule has 3 heteroatoms. The first-order valence-corrected chi connectivity index (χ1v) is 17.5. The minimum Gasteiger partial charge on any atom is -0.309 e. The van der Waals surface area contributed by atoms with Gasteiger partial charge in [0.25, 0.3) is 0 Å². The van der Waals surface area contributed by atoms with Gasteiger partial charge < -0.3 is 14.0 Å². The molecule has 0 saturated heterocycles. The van der Waals surface area contributed by atoms with E-state index in [9.17, 15) is 0 Å². The highest BCUT2D eigenvalue weighted by Gasteiger charge is 2.24. The Balaban J connectivity index is 1.30. The van der Waals surface area contributed by atoms with Gasteiger partial charge in [-0.3, -0.25) is 0 Å². The van der Waals surface area contributed by atoms with Gasteiger partial charge in [0, 0.05) is 38.6 Å². The summed E-state index contributed by atoms with van der Waals surface area (Å²) in [4.78, 5) is 2.48. The van der Waals surface area contributed by atoms with Crippen LogP contribution >= 0.6 is 0 Å². The molecule has 0 amide bonds. The topological polar surface area (TPSA) is 13.1 Å². The van der Waals surface area contributed by atoms with E-state index >= 15 is 0 Å². The summed E-state index contributed by atoms with van der Waals surface area (Å²) in [5.74, 6) is 0. The third kappa shape index (κ3) is 4.67. The lowest BCUT2D eigenvalue weighted by atomic mass is 10.0. The SMILES string of the molecule is c1ccc(-c2ccc(N(c3cccc4c3c3ccccc3n4-c3ccccc3)c3cccc4c3c3ccccc3n4-c3ccccc3)cc2)cc1. The van der Waals surface area contributed by atoms with Crippen LogP contribution in [-0.4, -0.2) is 9.13 Å². The van der Waals surface area contributed by atoms with E-state index < -0.39 is 0 Å². The summed E-state index contributed by atoms with van der Waals surface area (Å²) in [5.41, 5.74) is 12.8. The van der Waals surface area contributed by atoms with E-state index in [0.29, 0.717) is 0 Å². The van der Waals surface area contributed by atoms with E-state index in [0.717, 1.165) is 28.4 Å². The van der Waals surface area contributed by atoms with E-state index in [1.54, 1.807) is 0 Å². The summed E-state index contributed by atoms with van der Waals surface area (Å²) >= 11 is 0. The van der Waals surface area contributed by atoms with Crippen molar-refractivity contribution in [1.82, 2.24) is 9.13 Å². The number of benzene rings is 8. The quantitative estimate of drug-likeness (QED) is 0.174. The molecule has 51 heavy (non-hydrogen) atoms. The lowest BCUT2D eigenvalue weighted by molar-refractivity contribution is 1.18. The van der Waals surface area contributed by atoms with Crippen molar-refractivity contribution in [3.05, 3.63) is 200 Å². The summed E-state index contributed by atoms with van der Waals surface area (Å²) in [6.07, 6.45) is 0. The van der Waals surface area contributed by atoms with Gasteiger partial charge in [0.15, 0.2) is 0 Å². The van der Waals surface area contributed by atoms with Gasteiger partial charge >= 0.3 is 0 Å². The number of nitrogens with zero attached hydrogens (tertiary/aromatic N) is 3. The Morgan fingerprint density at radius 3 is 1.18 bits per heavy atom. The normalized spacial score (nSPS) is 11.5. The Kier molecular flexibility index (Phi) is 6.81. The van der Waals surface area contributed by atoms with Gasteiger partial charge in [-0.2, -0.15) is 0 Å². The molecule has 0 unspecified atom stereocenters. The highest BCUT2D eigenvalue weighted by Crippen LogP contribution is 2.48. The summed E-state index contributed by atoms with van der Waals surface area (Å²) in [5, 5.41) is 4.87. The van der Waals surface area contributed by atoms with Crippen LogP contribution in [0.2, 0.25) is 0 Å². The molecule has 3 nitrogen and oxygen atoms in total. The molecule has 8 aromatic carbocycles. The zero-order valence-electron chi connectivity index (χ0n) is 27.9. The molecule has 0 aliphatic rings. The molecule has 240 valence electrons. The van der Waals surface area contributed by atoms with Crippen LogP contribution in [0.4, 0.5) is 17.1 Å². The molecule has 0 fully saturated rings. The highest BCUT2D eigenvalue weighted by molar-refractivity contribution is 6.20. The van der Waals surface area contributed by atoms with Crippen molar-refractivity contribution in [2.45, 2.75) is 0 Å². The zero-order chi connectivity index (χ0) is 33.7. The molecule has 0 aliphatic heterocycles. The van der Waals surface area contributed by atoms with Crippen molar-refractivity contribution in [1.29, 1.82) is 0 Å². The molecule has 0 N–H and O–H groups in total. The molecule has 0 bridgehead atoms. The lowest BCUT2D eigenvalue weighted by Gasteiger charge is -2.28. The monoisotopic (exact) mass is 651 g/mol. The van der Waals surface area contributed by atoms with Crippen molar-refractivity contribution >= 4 is 60.7 Å². The number of fused-ring (bicyclic) bond motifs is 6. The molecule has 2 aromatic heterocycles. The van der Waals surface area contributed by atoms with Gasteiger partial charge in [-0.25, -0.2) is 0 Å². The van der Waals surface area contributed by atoms with Crippen molar-refractivity contribution in [2.24, 2.45) is 0 Å². The third-order valence-corrected chi connectivity index (χ3v) is 10.1. The maximum Gasteiger partial charge on any atom is 0.0562 e. The van der Waals surface area contributed by atoms with Crippen LogP contribution in [0.1, 0.15) is 0 Å². The molecular formula is C48H33N3. The van der Waals surface area contributed by atoms with Gasteiger partial charge in [0.05, 0.1) is 33.4 Å². The smallest absolute Gasteiger partial charge is 0.0562 e. The predicted molar refractivity (Wildman–Crippen MR) is 215 cm³/mol. The van der Waals surface area contributed by atoms with Crippen LogP contribution in [0, 0.1) is 0 Å². The van der Waals surface area contributed by atoms with Crippen LogP contribution in [0.5, 0.6) is 0 Å². The van der Waals surface area contributed by atoms with Crippen molar-refractivity contribution < 1.29 is 0 Å². The lowest BCUT2D eigenvalue weighted by Crippen LogP contribution is -2.11. The number of hydrogen-bond acceptors (Lipinski definition) is 1. The predicted octanol–water partition coefficient (Wildman–Crippen LogP) is 13.0. The van der Waals surface area contributed by atoms with Crippen molar-refractivity contribution in [3.8, 4) is 22.5 Å². The Hall–Kier alpha value is -6.84. The summed E-state index contributed by atoms with van der Waals surface area (Å²) in [6, 6.07) is 72.1. The average Bonchev–Trinajstić information content (AvgIpc) is 3.73. The highest BCUT2D eigenvalue weighted by atomic mass is 15.2. The number of hydrogen-bond donors (Lipinski definition) is 0. The first-order valence-electron chi connectivity index (χ1n) is 17.5. The Morgan fingerprint density at radius 1 is 0.294 bits per heavy atom. The number of rotatable bonds is 6. The summed E-state index contributed by atoms with van der Waals surface area (Å²) < 4.78 is 4.79. The molecule has 0 atom stereocenters. The molecule has 0 spiro atoms. The molecule has 10 rings (SSSR count). The second kappa shape index (κ2) is 11.9. The zero-order valence-corrected chi connectivity index (χ0v) is 27.9. The Bertz CT molecular complexity index is 2670. The number of anilines is 3. The van der Waals surface area contributed by atoms with E-state index in [-0.39, 0.29) is 0 Å². The maximum absolute atomic E-state index is 2.48. The van der Waals surface area contributed by atoms with Crippen LogP contribution < -0.4 is 4.90 Å². The van der Waals surface area contributed by atoms with Crippen molar-refractivity contribution in [2.75, 3.05) is 4.90 Å². The van der Waals surface area contributed by atoms with Crippen LogP contribution in [0.3, 0.4) is 0 Å². The number of aromatic nitrogens is 2. The first kappa shape index (κ1) is 29.1. The fourth-order valence-corrected chi connectivity index (χ4v) is 7.93. The van der Waals surface area contributed by atoms with E-state index in [1.165, 1.54) is 54.7 Å². The van der Waals surface area contributed by atoms with Gasteiger partial charge in [-0.05, 0) is 83.9 Å². The average molecular weight is 652 g/mol. The Labute approximate surface area is 296 Å². The third-order valence-electron chi connectivity index (χ3n) is 10.1. The van der Waals surface area contributed by atoms with Crippen molar-refractivity contribution in [3.63, 3.8) is 0 Å².